The van der Waals surface area contributed by atoms with Gasteiger partial charge in [-0.3, -0.25) is 0 Å². The second-order valence-electron chi connectivity index (χ2n) is 2.60. The van der Waals surface area contributed by atoms with Gasteiger partial charge < -0.3 is 14.2 Å². The van der Waals surface area contributed by atoms with Crippen molar-refractivity contribution in [3.05, 3.63) is 10.9 Å². The van der Waals surface area contributed by atoms with E-state index in [1.807, 2.05) is 0 Å². The smallest absolute Gasteiger partial charge is 0.485 e. The van der Waals surface area contributed by atoms with Gasteiger partial charge in [-0.2, -0.15) is 13.2 Å². The molecule has 0 spiro atoms. The first kappa shape index (κ1) is 13.0. The molecule has 0 N–H and O–H groups in total. The van der Waals surface area contributed by atoms with E-state index in [1.165, 1.54) is 6.92 Å². The Hall–Kier alpha value is -1.05. The summed E-state index contributed by atoms with van der Waals surface area (Å²) in [6, 6.07) is 0. The predicted octanol–water partition coefficient (Wildman–Crippen LogP) is 2.65. The van der Waals surface area contributed by atoms with Crippen molar-refractivity contribution in [1.82, 2.24) is 0 Å². The molecule has 1 aliphatic rings. The molecule has 0 bridgehead atoms. The molecule has 0 saturated heterocycles. The molecule has 0 aromatic carbocycles. The van der Waals surface area contributed by atoms with Crippen LogP contribution in [0.3, 0.4) is 0 Å². The van der Waals surface area contributed by atoms with Crippen molar-refractivity contribution < 1.29 is 32.2 Å². The molecule has 16 heavy (non-hydrogen) atoms. The molecule has 0 aromatic rings. The van der Waals surface area contributed by atoms with E-state index in [2.05, 4.69) is 14.2 Å². The highest BCUT2D eigenvalue weighted by Gasteiger charge is 2.42. The molecule has 1 heterocycles. The lowest BCUT2D eigenvalue weighted by molar-refractivity contribution is -0.133. The van der Waals surface area contributed by atoms with Gasteiger partial charge in [-0.1, -0.05) is 11.8 Å². The lowest BCUT2D eigenvalue weighted by atomic mass is 10.5. The number of hydrogen-bond donors (Lipinski definition) is 0. The van der Waals surface area contributed by atoms with Crippen LogP contribution in [0.2, 0.25) is 0 Å². The van der Waals surface area contributed by atoms with E-state index in [0.717, 1.165) is 11.8 Å². The Kier molecular flexibility index (Phi) is 4.34. The predicted molar refractivity (Wildman–Crippen MR) is 49.6 cm³/mol. The summed E-state index contributed by atoms with van der Waals surface area (Å²) in [5.74, 6) is -0.995. The average Bonchev–Trinajstić information content (AvgIpc) is 2.17. The van der Waals surface area contributed by atoms with E-state index in [9.17, 15) is 18.0 Å². The van der Waals surface area contributed by atoms with Gasteiger partial charge in [0.2, 0.25) is 5.09 Å². The molecule has 0 aromatic heterocycles. The molecule has 0 saturated carbocycles. The van der Waals surface area contributed by atoms with E-state index in [-0.39, 0.29) is 19.0 Å². The van der Waals surface area contributed by atoms with Crippen molar-refractivity contribution in [2.24, 2.45) is 0 Å². The zero-order chi connectivity index (χ0) is 12.2. The van der Waals surface area contributed by atoms with Crippen molar-refractivity contribution in [3.63, 3.8) is 0 Å². The van der Waals surface area contributed by atoms with Crippen molar-refractivity contribution in [1.29, 1.82) is 0 Å². The summed E-state index contributed by atoms with van der Waals surface area (Å²) in [5, 5.41) is -0.600. The fourth-order valence-electron chi connectivity index (χ4n) is 0.899. The Morgan fingerprint density at radius 1 is 1.56 bits per heavy atom. The molecule has 4 nitrogen and oxygen atoms in total. The Bertz CT molecular complexity index is 300. The number of halogens is 3. The monoisotopic (exact) mass is 258 g/mol. The summed E-state index contributed by atoms with van der Waals surface area (Å²) in [6.45, 7) is 1.47. The van der Waals surface area contributed by atoms with Gasteiger partial charge in [0.15, 0.2) is 0 Å². The topological polar surface area (TPSA) is 44.8 Å². The minimum Gasteiger partial charge on any atom is -0.485 e. The van der Waals surface area contributed by atoms with Crippen LogP contribution >= 0.6 is 11.8 Å². The maximum Gasteiger partial charge on any atom is 0.514 e. The third-order valence-electron chi connectivity index (χ3n) is 1.44. The molecular weight excluding hydrogens is 249 g/mol. The third-order valence-corrected chi connectivity index (χ3v) is 2.35. The van der Waals surface area contributed by atoms with Gasteiger partial charge in [0, 0.05) is 5.75 Å². The highest BCUT2D eigenvalue weighted by atomic mass is 32.2. The second-order valence-corrected chi connectivity index (χ2v) is 3.66. The summed E-state index contributed by atoms with van der Waals surface area (Å²) in [7, 11) is 0. The SMILES string of the molecule is CCOC(=O)OC1=C(C(F)(F)F)OCCS1. The van der Waals surface area contributed by atoms with Crippen LogP contribution in [-0.4, -0.2) is 31.3 Å². The van der Waals surface area contributed by atoms with Crippen molar-refractivity contribution in [3.8, 4) is 0 Å². The number of alkyl halides is 3. The first-order valence-electron chi connectivity index (χ1n) is 4.36. The highest BCUT2D eigenvalue weighted by Crippen LogP contribution is 2.37. The van der Waals surface area contributed by atoms with Gasteiger partial charge in [0.1, 0.15) is 0 Å². The number of carbonyl (C=O) groups is 1. The number of hydrogen-bond acceptors (Lipinski definition) is 5. The summed E-state index contributed by atoms with van der Waals surface area (Å²) in [5.41, 5.74) is 0. The standard InChI is InChI=1S/C8H9F3O4S/c1-2-13-7(12)15-6-5(8(9,10)11)14-3-4-16-6/h2-4H2,1H3. The number of allylic oxidation sites excluding steroid dienone is 1. The largest absolute Gasteiger partial charge is 0.514 e. The van der Waals surface area contributed by atoms with Crippen molar-refractivity contribution in [2.45, 2.75) is 13.1 Å². The molecule has 0 aliphatic carbocycles. The quantitative estimate of drug-likeness (QED) is 0.712. The molecule has 0 atom stereocenters. The summed E-state index contributed by atoms with van der Waals surface area (Å²) in [6.07, 6.45) is -5.84. The summed E-state index contributed by atoms with van der Waals surface area (Å²) in [4.78, 5) is 10.9. The molecule has 0 fully saturated rings. The van der Waals surface area contributed by atoms with Crippen molar-refractivity contribution in [2.75, 3.05) is 19.0 Å². The lowest BCUT2D eigenvalue weighted by Gasteiger charge is -2.21. The molecule has 8 heteroatoms. The molecule has 92 valence electrons. The van der Waals surface area contributed by atoms with E-state index in [0.29, 0.717) is 0 Å². The molecule has 1 aliphatic heterocycles. The van der Waals surface area contributed by atoms with E-state index in [4.69, 9.17) is 0 Å². The molecule has 0 amide bonds. The lowest BCUT2D eigenvalue weighted by Crippen LogP contribution is -2.23. The number of rotatable bonds is 2. The Morgan fingerprint density at radius 3 is 2.81 bits per heavy atom. The molecule has 0 unspecified atom stereocenters. The van der Waals surface area contributed by atoms with Gasteiger partial charge in [-0.05, 0) is 6.92 Å². The van der Waals surface area contributed by atoms with Crippen LogP contribution in [0, 0.1) is 0 Å². The number of ether oxygens (including phenoxy) is 3. The first-order chi connectivity index (χ1) is 7.45. The van der Waals surface area contributed by atoms with Crippen LogP contribution < -0.4 is 0 Å². The number of thioether (sulfide) groups is 1. The molecule has 0 radical (unpaired) electrons. The normalized spacial score (nSPS) is 16.8. The fraction of sp³-hybridized carbons (Fsp3) is 0.625. The van der Waals surface area contributed by atoms with Crippen LogP contribution in [0.1, 0.15) is 6.92 Å². The maximum atomic E-state index is 12.4. The zero-order valence-corrected chi connectivity index (χ0v) is 9.11. The van der Waals surface area contributed by atoms with Crippen LogP contribution in [0.4, 0.5) is 18.0 Å². The Labute approximate surface area is 93.7 Å². The summed E-state index contributed by atoms with van der Waals surface area (Å²) >= 11 is 0.764. The van der Waals surface area contributed by atoms with Gasteiger partial charge in [0.05, 0.1) is 13.2 Å². The van der Waals surface area contributed by atoms with Gasteiger partial charge >= 0.3 is 12.3 Å². The fourth-order valence-corrected chi connectivity index (χ4v) is 1.68. The van der Waals surface area contributed by atoms with Gasteiger partial charge in [-0.15, -0.1) is 0 Å². The number of carbonyl (C=O) groups excluding carboxylic acids is 1. The Morgan fingerprint density at radius 2 is 2.25 bits per heavy atom. The average molecular weight is 258 g/mol. The van der Waals surface area contributed by atoms with Gasteiger partial charge in [-0.25, -0.2) is 4.79 Å². The van der Waals surface area contributed by atoms with Crippen LogP contribution in [0.15, 0.2) is 10.9 Å². The zero-order valence-electron chi connectivity index (χ0n) is 8.30. The van der Waals surface area contributed by atoms with E-state index < -0.39 is 23.2 Å². The Balaban J connectivity index is 2.79. The molecule has 1 rings (SSSR count). The minimum absolute atomic E-state index is 0.0268. The minimum atomic E-state index is -4.67. The highest BCUT2D eigenvalue weighted by molar-refractivity contribution is 8.02. The summed E-state index contributed by atoms with van der Waals surface area (Å²) < 4.78 is 50.4. The maximum absolute atomic E-state index is 12.4. The van der Waals surface area contributed by atoms with Crippen LogP contribution in [-0.2, 0) is 14.2 Å². The first-order valence-corrected chi connectivity index (χ1v) is 5.35. The van der Waals surface area contributed by atoms with E-state index in [1.54, 1.807) is 0 Å². The third kappa shape index (κ3) is 3.51. The van der Waals surface area contributed by atoms with Crippen LogP contribution in [0.25, 0.3) is 0 Å². The van der Waals surface area contributed by atoms with Crippen LogP contribution in [0.5, 0.6) is 0 Å². The van der Waals surface area contributed by atoms with Crippen molar-refractivity contribution >= 4 is 17.9 Å². The van der Waals surface area contributed by atoms with E-state index >= 15 is 0 Å². The molecular formula is C8H9F3O4S. The second kappa shape index (κ2) is 5.33. The van der Waals surface area contributed by atoms with Gasteiger partial charge in [0.25, 0.3) is 5.76 Å².